The molecule has 0 fully saturated rings. The highest BCUT2D eigenvalue weighted by Gasteiger charge is 2.09. The third-order valence-corrected chi connectivity index (χ3v) is 8.06. The second kappa shape index (κ2) is 18.8. The third-order valence-electron chi connectivity index (χ3n) is 8.06. The molecule has 11 nitrogen and oxygen atoms in total. The zero-order valence-corrected chi connectivity index (χ0v) is 26.2. The van der Waals surface area contributed by atoms with Gasteiger partial charge in [0.05, 0.1) is 34.2 Å². The molecule has 0 saturated carbocycles. The van der Waals surface area contributed by atoms with E-state index in [4.69, 9.17) is 15.0 Å². The first kappa shape index (κ1) is 32.5. The summed E-state index contributed by atoms with van der Waals surface area (Å²) in [6.45, 7) is 15.9. The Labute approximate surface area is 263 Å². The molecule has 3 aliphatic heterocycles. The van der Waals surface area contributed by atoms with Gasteiger partial charge in [-0.1, -0.05) is 18.2 Å². The highest BCUT2D eigenvalue weighted by Crippen LogP contribution is 2.03. The molecule has 11 heteroatoms. The van der Waals surface area contributed by atoms with Gasteiger partial charge in [0, 0.05) is 118 Å². The van der Waals surface area contributed by atoms with Crippen molar-refractivity contribution in [3.8, 4) is 0 Å². The standard InChI is InChI=1S/C33H51N11/c1-4-28-22-34-10-16-43-18-12-36-24-30-6-2-7-31(41-30)25-37-13-19-44(17-11-35-23-29(5-1)40-28)21-15-39-27-33-9-3-8-32(42-33)26-38-14-20-43/h1-9,34-39H,10-27H2. The van der Waals surface area contributed by atoms with Crippen LogP contribution in [0.4, 0.5) is 0 Å². The topological polar surface area (TPSA) is 117 Å². The number of fused-ring (bicyclic) bond motifs is 18. The summed E-state index contributed by atoms with van der Waals surface area (Å²) in [5.41, 5.74) is 6.54. The molecule has 0 saturated heterocycles. The lowest BCUT2D eigenvalue weighted by atomic mass is 10.2. The Morgan fingerprint density at radius 3 is 0.750 bits per heavy atom. The van der Waals surface area contributed by atoms with Crippen molar-refractivity contribution in [1.29, 1.82) is 0 Å². The molecule has 3 aromatic heterocycles. The van der Waals surface area contributed by atoms with E-state index in [-0.39, 0.29) is 0 Å². The molecule has 0 atom stereocenters. The molecular formula is C33H51N11. The van der Waals surface area contributed by atoms with Gasteiger partial charge >= 0.3 is 0 Å². The fourth-order valence-electron chi connectivity index (χ4n) is 5.57. The van der Waals surface area contributed by atoms with E-state index in [0.29, 0.717) is 0 Å². The lowest BCUT2D eigenvalue weighted by Crippen LogP contribution is -2.41. The Morgan fingerprint density at radius 1 is 0.341 bits per heavy atom. The molecule has 3 aliphatic rings. The molecule has 238 valence electrons. The summed E-state index contributed by atoms with van der Waals surface area (Å²) in [6, 6.07) is 19.1. The first-order valence-corrected chi connectivity index (χ1v) is 16.3. The van der Waals surface area contributed by atoms with Gasteiger partial charge in [-0.2, -0.15) is 0 Å². The number of hydrogen-bond acceptors (Lipinski definition) is 11. The molecule has 0 aliphatic carbocycles. The van der Waals surface area contributed by atoms with E-state index in [1.54, 1.807) is 0 Å². The van der Waals surface area contributed by atoms with Crippen LogP contribution >= 0.6 is 0 Å². The van der Waals surface area contributed by atoms with Gasteiger partial charge in [-0.25, -0.2) is 0 Å². The van der Waals surface area contributed by atoms with Gasteiger partial charge in [0.15, 0.2) is 0 Å². The molecule has 3 aromatic rings. The number of nitrogens with one attached hydrogen (secondary N) is 6. The van der Waals surface area contributed by atoms with Crippen LogP contribution in [0.25, 0.3) is 0 Å². The van der Waals surface area contributed by atoms with Crippen LogP contribution < -0.4 is 31.9 Å². The SMILES string of the molecule is c1cc2nc(c1)CNCCN1CCNCc3cccc(n3)CNCCN(CCNC2)CCNCc2cccc(n2)CNCC1. The van der Waals surface area contributed by atoms with E-state index >= 15 is 0 Å². The van der Waals surface area contributed by atoms with Gasteiger partial charge in [0.2, 0.25) is 0 Å². The van der Waals surface area contributed by atoms with Crippen LogP contribution in [0.5, 0.6) is 0 Å². The van der Waals surface area contributed by atoms with Gasteiger partial charge in [-0.15, -0.1) is 0 Å². The maximum Gasteiger partial charge on any atom is 0.0545 e. The Bertz CT molecular complexity index is 1010. The fourth-order valence-corrected chi connectivity index (χ4v) is 5.57. The van der Waals surface area contributed by atoms with Gasteiger partial charge in [-0.3, -0.25) is 24.8 Å². The molecular weight excluding hydrogens is 550 g/mol. The zero-order chi connectivity index (χ0) is 30.1. The van der Waals surface area contributed by atoms with E-state index in [0.717, 1.165) is 152 Å². The van der Waals surface area contributed by atoms with E-state index in [1.807, 2.05) is 0 Å². The molecule has 44 heavy (non-hydrogen) atoms. The minimum atomic E-state index is 0.774. The Kier molecular flexibility index (Phi) is 13.9. The first-order valence-electron chi connectivity index (χ1n) is 16.3. The van der Waals surface area contributed by atoms with Crippen molar-refractivity contribution in [3.63, 3.8) is 0 Å². The van der Waals surface area contributed by atoms with Gasteiger partial charge in [0.1, 0.15) is 0 Å². The molecule has 0 amide bonds. The van der Waals surface area contributed by atoms with Crippen molar-refractivity contribution < 1.29 is 0 Å². The molecule has 0 radical (unpaired) electrons. The maximum absolute atomic E-state index is 4.90. The summed E-state index contributed by atoms with van der Waals surface area (Å²) in [5.74, 6) is 0. The molecule has 6 rings (SSSR count). The minimum absolute atomic E-state index is 0.774. The van der Waals surface area contributed by atoms with E-state index < -0.39 is 0 Å². The predicted octanol–water partition coefficient (Wildman–Crippen LogP) is 0.441. The number of nitrogens with zero attached hydrogens (tertiary/aromatic N) is 5. The highest BCUT2D eigenvalue weighted by atomic mass is 15.2. The number of hydrogen-bond donors (Lipinski definition) is 6. The average molecular weight is 602 g/mol. The predicted molar refractivity (Wildman–Crippen MR) is 176 cm³/mol. The third kappa shape index (κ3) is 11.9. The van der Waals surface area contributed by atoms with Gasteiger partial charge in [-0.05, 0) is 36.4 Å². The molecule has 6 N–H and O–H groups in total. The Morgan fingerprint density at radius 2 is 0.545 bits per heavy atom. The smallest absolute Gasteiger partial charge is 0.0545 e. The summed E-state index contributed by atoms with van der Waals surface area (Å²) in [7, 11) is 0. The first-order chi connectivity index (χ1) is 21.8. The molecule has 0 aromatic carbocycles. The second-order valence-electron chi connectivity index (χ2n) is 11.6. The van der Waals surface area contributed by atoms with Crippen LogP contribution in [0, 0.1) is 0 Å². The summed E-state index contributed by atoms with van der Waals surface area (Å²) in [6.07, 6.45) is 0. The van der Waals surface area contributed by atoms with Crippen LogP contribution in [0.3, 0.4) is 0 Å². The molecule has 6 heterocycles. The van der Waals surface area contributed by atoms with E-state index in [9.17, 15) is 0 Å². The van der Waals surface area contributed by atoms with Crippen molar-refractivity contribution in [3.05, 3.63) is 88.8 Å². The maximum atomic E-state index is 4.90. The van der Waals surface area contributed by atoms with Gasteiger partial charge in [0.25, 0.3) is 0 Å². The molecule has 0 spiro atoms. The number of pyridine rings is 3. The minimum Gasteiger partial charge on any atom is -0.310 e. The van der Waals surface area contributed by atoms with Crippen molar-refractivity contribution >= 4 is 0 Å². The van der Waals surface area contributed by atoms with E-state index in [1.165, 1.54) is 0 Å². The van der Waals surface area contributed by atoms with Crippen molar-refractivity contribution in [1.82, 2.24) is 56.7 Å². The Balaban J connectivity index is 1.30. The summed E-state index contributed by atoms with van der Waals surface area (Å²) < 4.78 is 0. The van der Waals surface area contributed by atoms with Crippen LogP contribution in [-0.4, -0.2) is 103 Å². The zero-order valence-electron chi connectivity index (χ0n) is 26.2. The quantitative estimate of drug-likeness (QED) is 0.216. The normalized spacial score (nSPS) is 22.6. The second-order valence-corrected chi connectivity index (χ2v) is 11.6. The number of aromatic nitrogens is 3. The van der Waals surface area contributed by atoms with Crippen LogP contribution in [-0.2, 0) is 39.3 Å². The highest BCUT2D eigenvalue weighted by molar-refractivity contribution is 5.13. The van der Waals surface area contributed by atoms with Crippen molar-refractivity contribution in [2.75, 3.05) is 78.5 Å². The van der Waals surface area contributed by atoms with Crippen molar-refractivity contribution in [2.45, 2.75) is 39.3 Å². The average Bonchev–Trinajstić information content (AvgIpc) is 3.04. The fraction of sp³-hybridized carbons (Fsp3) is 0.545. The van der Waals surface area contributed by atoms with Crippen LogP contribution in [0.2, 0.25) is 0 Å². The lowest BCUT2D eigenvalue weighted by molar-refractivity contribution is 0.269. The van der Waals surface area contributed by atoms with Crippen LogP contribution in [0.1, 0.15) is 34.2 Å². The van der Waals surface area contributed by atoms with Crippen molar-refractivity contribution in [2.24, 2.45) is 0 Å². The monoisotopic (exact) mass is 601 g/mol. The largest absolute Gasteiger partial charge is 0.310 e. The Hall–Kier alpha value is -2.87. The summed E-state index contributed by atoms with van der Waals surface area (Å²) >= 11 is 0. The van der Waals surface area contributed by atoms with Gasteiger partial charge < -0.3 is 31.9 Å². The molecule has 8 bridgehead atoms. The number of rotatable bonds is 0. The lowest BCUT2D eigenvalue weighted by Gasteiger charge is -2.24. The van der Waals surface area contributed by atoms with Crippen LogP contribution in [0.15, 0.2) is 54.6 Å². The summed E-state index contributed by atoms with van der Waals surface area (Å²) in [5, 5.41) is 21.7. The summed E-state index contributed by atoms with van der Waals surface area (Å²) in [4.78, 5) is 19.7. The van der Waals surface area contributed by atoms with E-state index in [2.05, 4.69) is 96.3 Å². The molecule has 0 unspecified atom stereocenters.